The molecule has 6 nitrogen and oxygen atoms in total. The van der Waals surface area contributed by atoms with Gasteiger partial charge in [0.05, 0.1) is 23.2 Å². The summed E-state index contributed by atoms with van der Waals surface area (Å²) in [5.41, 5.74) is 4.48. The lowest BCUT2D eigenvalue weighted by atomic mass is 9.86. The van der Waals surface area contributed by atoms with E-state index in [9.17, 15) is 9.90 Å². The van der Waals surface area contributed by atoms with Crippen molar-refractivity contribution in [1.29, 1.82) is 0 Å². The summed E-state index contributed by atoms with van der Waals surface area (Å²) in [6, 6.07) is 9.50. The Balaban J connectivity index is 1.75. The van der Waals surface area contributed by atoms with E-state index in [0.29, 0.717) is 23.4 Å². The molecule has 0 spiro atoms. The Hall–Kier alpha value is -2.86. The molecular formula is C22H23N3O3. The summed E-state index contributed by atoms with van der Waals surface area (Å²) in [6.45, 7) is 4.58. The molecule has 0 radical (unpaired) electrons. The van der Waals surface area contributed by atoms with Crippen LogP contribution >= 0.6 is 0 Å². The maximum Gasteiger partial charge on any atom is 0.196 e. The number of aliphatic hydroxyl groups is 1. The van der Waals surface area contributed by atoms with Gasteiger partial charge in [-0.1, -0.05) is 36.3 Å². The molecule has 0 bridgehead atoms. The van der Waals surface area contributed by atoms with Crippen molar-refractivity contribution in [3.05, 3.63) is 41.5 Å². The molecule has 6 heteroatoms. The van der Waals surface area contributed by atoms with Crippen LogP contribution in [0, 0.1) is 5.92 Å². The topological polar surface area (TPSA) is 78.6 Å². The number of nitrogens with zero attached hydrogens (tertiary/aromatic N) is 2. The van der Waals surface area contributed by atoms with Crippen LogP contribution in [0.4, 0.5) is 11.4 Å². The number of hydrogen-bond donors (Lipinski definition) is 2. The summed E-state index contributed by atoms with van der Waals surface area (Å²) in [5.74, 6) is 1.34. The van der Waals surface area contributed by atoms with Gasteiger partial charge in [0.1, 0.15) is 5.52 Å². The van der Waals surface area contributed by atoms with Gasteiger partial charge in [-0.15, -0.1) is 0 Å². The molecule has 2 aliphatic rings. The summed E-state index contributed by atoms with van der Waals surface area (Å²) in [5, 5.41) is 17.7. The number of anilines is 2. The normalized spacial score (nSPS) is 16.5. The molecule has 3 aromatic rings. The monoisotopic (exact) mass is 377 g/mol. The minimum absolute atomic E-state index is 0.00465. The van der Waals surface area contributed by atoms with Crippen LogP contribution in [0.25, 0.3) is 22.2 Å². The van der Waals surface area contributed by atoms with Crippen molar-refractivity contribution in [2.75, 3.05) is 36.5 Å². The first-order chi connectivity index (χ1) is 13.7. The van der Waals surface area contributed by atoms with Crippen molar-refractivity contribution < 1.29 is 14.4 Å². The van der Waals surface area contributed by atoms with Gasteiger partial charge in [-0.3, -0.25) is 4.79 Å². The van der Waals surface area contributed by atoms with E-state index in [4.69, 9.17) is 4.52 Å². The standard InChI is InChI=1S/C22H23N3O3/c1-13-6-9-25(10-7-13)17-12-16(23-8-11-26)18-19-20(17)24-28-22(19)15-5-3-2-4-14(15)21(18)27/h2-5,12-13,23,26H,6-11H2,1H3. The molecule has 1 aromatic heterocycles. The minimum Gasteiger partial charge on any atom is -0.395 e. The second-order valence-electron chi connectivity index (χ2n) is 7.75. The molecular weight excluding hydrogens is 354 g/mol. The maximum absolute atomic E-state index is 13.3. The van der Waals surface area contributed by atoms with E-state index in [1.165, 1.54) is 0 Å². The molecule has 28 heavy (non-hydrogen) atoms. The molecule has 5 rings (SSSR count). The Kier molecular flexibility index (Phi) is 4.09. The van der Waals surface area contributed by atoms with Crippen molar-refractivity contribution >= 4 is 28.1 Å². The summed E-state index contributed by atoms with van der Waals surface area (Å²) >= 11 is 0. The average molecular weight is 377 g/mol. The summed E-state index contributed by atoms with van der Waals surface area (Å²) in [6.07, 6.45) is 2.27. The van der Waals surface area contributed by atoms with Crippen molar-refractivity contribution in [3.8, 4) is 11.3 Å². The second-order valence-corrected chi connectivity index (χ2v) is 7.75. The number of nitrogens with one attached hydrogen (secondary N) is 1. The molecule has 0 atom stereocenters. The number of benzene rings is 2. The average Bonchev–Trinajstić information content (AvgIpc) is 3.16. The van der Waals surface area contributed by atoms with Gasteiger partial charge in [0.2, 0.25) is 0 Å². The number of piperidine rings is 1. The van der Waals surface area contributed by atoms with Gasteiger partial charge >= 0.3 is 0 Å². The molecule has 144 valence electrons. The van der Waals surface area contributed by atoms with E-state index in [-0.39, 0.29) is 12.4 Å². The van der Waals surface area contributed by atoms with E-state index in [2.05, 4.69) is 22.3 Å². The van der Waals surface area contributed by atoms with Crippen molar-refractivity contribution in [2.24, 2.45) is 5.92 Å². The Morgan fingerprint density at radius 2 is 2.00 bits per heavy atom. The zero-order valence-electron chi connectivity index (χ0n) is 15.9. The third kappa shape index (κ3) is 2.52. The number of fused-ring (bicyclic) bond motifs is 2. The molecule has 1 fully saturated rings. The maximum atomic E-state index is 13.3. The molecule has 0 amide bonds. The van der Waals surface area contributed by atoms with Crippen LogP contribution in [0.5, 0.6) is 0 Å². The van der Waals surface area contributed by atoms with Gasteiger partial charge in [0.25, 0.3) is 0 Å². The lowest BCUT2D eigenvalue weighted by Crippen LogP contribution is -2.33. The number of carbonyl (C=O) groups is 1. The number of ketones is 1. The Morgan fingerprint density at radius 1 is 1.25 bits per heavy atom. The lowest BCUT2D eigenvalue weighted by molar-refractivity contribution is 0.104. The molecule has 2 heterocycles. The molecule has 2 N–H and O–H groups in total. The van der Waals surface area contributed by atoms with Crippen LogP contribution in [0.15, 0.2) is 34.9 Å². The minimum atomic E-state index is -0.0319. The third-order valence-corrected chi connectivity index (χ3v) is 5.93. The van der Waals surface area contributed by atoms with Gasteiger partial charge < -0.3 is 19.8 Å². The van der Waals surface area contributed by atoms with Gasteiger partial charge in [0, 0.05) is 36.4 Å². The zero-order valence-corrected chi connectivity index (χ0v) is 15.9. The fraction of sp³-hybridized carbons (Fsp3) is 0.364. The SMILES string of the molecule is CC1CCN(c2cc(NCCO)c3c4c(onc24)-c2ccccc2C3=O)CC1. The third-order valence-electron chi connectivity index (χ3n) is 5.93. The summed E-state index contributed by atoms with van der Waals surface area (Å²) < 4.78 is 5.78. The molecule has 1 saturated heterocycles. The molecule has 1 aliphatic heterocycles. The number of aliphatic hydroxyl groups excluding tert-OH is 1. The van der Waals surface area contributed by atoms with Gasteiger partial charge in [-0.25, -0.2) is 0 Å². The molecule has 1 aliphatic carbocycles. The van der Waals surface area contributed by atoms with Crippen molar-refractivity contribution in [1.82, 2.24) is 5.16 Å². The Bertz CT molecular complexity index is 1060. The highest BCUT2D eigenvalue weighted by Gasteiger charge is 2.33. The first-order valence-corrected chi connectivity index (χ1v) is 9.89. The van der Waals surface area contributed by atoms with Crippen LogP contribution in [-0.4, -0.2) is 42.3 Å². The second kappa shape index (κ2) is 6.63. The highest BCUT2D eigenvalue weighted by Crippen LogP contribution is 2.46. The zero-order chi connectivity index (χ0) is 19.3. The van der Waals surface area contributed by atoms with Crippen LogP contribution < -0.4 is 10.2 Å². The number of aromatic nitrogens is 1. The Morgan fingerprint density at radius 3 is 2.75 bits per heavy atom. The van der Waals surface area contributed by atoms with Crippen LogP contribution in [-0.2, 0) is 0 Å². The van der Waals surface area contributed by atoms with E-state index < -0.39 is 0 Å². The predicted molar refractivity (Wildman–Crippen MR) is 109 cm³/mol. The van der Waals surface area contributed by atoms with Crippen LogP contribution in [0.3, 0.4) is 0 Å². The fourth-order valence-corrected chi connectivity index (χ4v) is 4.36. The number of hydrogen-bond acceptors (Lipinski definition) is 6. The molecule has 0 saturated carbocycles. The first kappa shape index (κ1) is 17.3. The summed E-state index contributed by atoms with van der Waals surface area (Å²) in [7, 11) is 0. The van der Waals surface area contributed by atoms with Gasteiger partial charge in [-0.05, 0) is 24.8 Å². The van der Waals surface area contributed by atoms with Crippen molar-refractivity contribution in [2.45, 2.75) is 19.8 Å². The molecule has 2 aromatic carbocycles. The predicted octanol–water partition coefficient (Wildman–Crippen LogP) is 3.68. The first-order valence-electron chi connectivity index (χ1n) is 9.89. The number of rotatable bonds is 4. The van der Waals surface area contributed by atoms with Crippen molar-refractivity contribution in [3.63, 3.8) is 0 Å². The van der Waals surface area contributed by atoms with Crippen LogP contribution in [0.2, 0.25) is 0 Å². The van der Waals surface area contributed by atoms with E-state index in [0.717, 1.165) is 59.7 Å². The van der Waals surface area contributed by atoms with Gasteiger partial charge in [-0.2, -0.15) is 0 Å². The summed E-state index contributed by atoms with van der Waals surface area (Å²) in [4.78, 5) is 15.7. The van der Waals surface area contributed by atoms with E-state index >= 15 is 0 Å². The highest BCUT2D eigenvalue weighted by molar-refractivity contribution is 6.28. The van der Waals surface area contributed by atoms with E-state index in [1.54, 1.807) is 0 Å². The largest absolute Gasteiger partial charge is 0.395 e. The van der Waals surface area contributed by atoms with E-state index in [1.807, 2.05) is 30.3 Å². The Labute approximate surface area is 163 Å². The fourth-order valence-electron chi connectivity index (χ4n) is 4.36. The smallest absolute Gasteiger partial charge is 0.196 e. The van der Waals surface area contributed by atoms with Gasteiger partial charge in [0.15, 0.2) is 11.5 Å². The number of carbonyl (C=O) groups excluding carboxylic acids is 1. The quantitative estimate of drug-likeness (QED) is 0.565. The molecule has 0 unspecified atom stereocenters. The highest BCUT2D eigenvalue weighted by atomic mass is 16.5. The van der Waals surface area contributed by atoms with Crippen LogP contribution in [0.1, 0.15) is 35.7 Å². The lowest BCUT2D eigenvalue weighted by Gasteiger charge is -2.33.